The van der Waals surface area contributed by atoms with Crippen LogP contribution in [0.2, 0.25) is 0 Å². The molecule has 1 atom stereocenters. The number of carboxylic acids is 2. The van der Waals surface area contributed by atoms with Gasteiger partial charge >= 0.3 is 11.9 Å². The molecule has 9 nitrogen and oxygen atoms in total. The summed E-state index contributed by atoms with van der Waals surface area (Å²) in [6, 6.07) is 10.3. The van der Waals surface area contributed by atoms with Crippen LogP contribution in [0.4, 0.5) is 0 Å². The van der Waals surface area contributed by atoms with Crippen molar-refractivity contribution in [2.45, 2.75) is 57.8 Å². The van der Waals surface area contributed by atoms with Gasteiger partial charge in [0.1, 0.15) is 0 Å². The van der Waals surface area contributed by atoms with Crippen molar-refractivity contribution in [1.82, 2.24) is 4.90 Å². The Morgan fingerprint density at radius 3 is 1.84 bits per heavy atom. The van der Waals surface area contributed by atoms with E-state index >= 15 is 0 Å². The number of hydrogen-bond donors (Lipinski definition) is 3. The molecule has 0 aliphatic heterocycles. The van der Waals surface area contributed by atoms with Crippen molar-refractivity contribution >= 4 is 17.8 Å². The zero-order valence-corrected chi connectivity index (χ0v) is 18.5. The molecule has 178 valence electrons. The monoisotopic (exact) mass is 442 g/mol. The molecule has 9 heteroatoms. The highest BCUT2D eigenvalue weighted by atomic mass is 16.4. The van der Waals surface area contributed by atoms with Crippen LogP contribution in [-0.2, 0) is 19.8 Å². The van der Waals surface area contributed by atoms with Gasteiger partial charge in [0.25, 0.3) is 0 Å². The zero-order valence-electron chi connectivity index (χ0n) is 18.5. The SMILES string of the molecule is CCN(CC)CCC(C(N)=O)(c1ccccc1)C1CCCCC1.O.O.O=C(O)C(=O)O. The van der Waals surface area contributed by atoms with Gasteiger partial charge in [-0.3, -0.25) is 4.79 Å². The fraction of sp³-hybridized carbons (Fsp3) is 0.591. The molecule has 1 saturated carbocycles. The molecule has 1 amide bonds. The Bertz CT molecular complexity index is 647. The normalized spacial score (nSPS) is 15.3. The number of benzene rings is 1. The van der Waals surface area contributed by atoms with Crippen LogP contribution >= 0.6 is 0 Å². The standard InChI is InChI=1S/C20H32N2O.C2H2O4.2H2O/c1-3-22(4-2)16-15-20(19(21)23,17-11-7-5-8-12-17)18-13-9-6-10-14-18;3-1(4)2(5)6;;/h5,7-8,11-12,18H,3-4,6,9-10,13-16H2,1-2H3,(H2,21,23);(H,3,4)(H,5,6);2*1H2. The highest BCUT2D eigenvalue weighted by Crippen LogP contribution is 2.43. The lowest BCUT2D eigenvalue weighted by molar-refractivity contribution is -0.159. The maximum atomic E-state index is 12.7. The molecule has 1 unspecified atom stereocenters. The molecule has 0 heterocycles. The van der Waals surface area contributed by atoms with Crippen molar-refractivity contribution in [3.8, 4) is 0 Å². The summed E-state index contributed by atoms with van der Waals surface area (Å²) in [4.78, 5) is 33.3. The van der Waals surface area contributed by atoms with E-state index in [1.807, 2.05) is 18.2 Å². The van der Waals surface area contributed by atoms with E-state index in [0.29, 0.717) is 5.92 Å². The van der Waals surface area contributed by atoms with Gasteiger partial charge in [-0.15, -0.1) is 0 Å². The molecule has 1 aliphatic carbocycles. The average Bonchev–Trinajstić information content (AvgIpc) is 2.73. The van der Waals surface area contributed by atoms with Crippen LogP contribution in [0.3, 0.4) is 0 Å². The molecule has 1 aliphatic rings. The highest BCUT2D eigenvalue weighted by molar-refractivity contribution is 6.27. The molecule has 2 rings (SSSR count). The van der Waals surface area contributed by atoms with Crippen molar-refractivity contribution in [2.24, 2.45) is 11.7 Å². The summed E-state index contributed by atoms with van der Waals surface area (Å²) < 4.78 is 0. The van der Waals surface area contributed by atoms with E-state index in [1.165, 1.54) is 19.3 Å². The second-order valence-corrected chi connectivity index (χ2v) is 7.42. The molecule has 1 fully saturated rings. The topological polar surface area (TPSA) is 184 Å². The first-order valence-electron chi connectivity index (χ1n) is 10.3. The van der Waals surface area contributed by atoms with Crippen LogP contribution < -0.4 is 5.73 Å². The van der Waals surface area contributed by atoms with Gasteiger partial charge in [-0.2, -0.15) is 0 Å². The van der Waals surface area contributed by atoms with E-state index in [0.717, 1.165) is 44.5 Å². The number of aliphatic carboxylic acids is 2. The van der Waals surface area contributed by atoms with Crippen LogP contribution in [0.25, 0.3) is 0 Å². The summed E-state index contributed by atoms with van der Waals surface area (Å²) in [7, 11) is 0. The van der Waals surface area contributed by atoms with E-state index < -0.39 is 17.4 Å². The first-order valence-corrected chi connectivity index (χ1v) is 10.3. The number of nitrogens with zero attached hydrogens (tertiary/aromatic N) is 1. The lowest BCUT2D eigenvalue weighted by atomic mass is 9.62. The molecule has 0 saturated heterocycles. The lowest BCUT2D eigenvalue weighted by Gasteiger charge is -2.42. The first-order chi connectivity index (χ1) is 13.8. The molecular weight excluding hydrogens is 404 g/mol. The van der Waals surface area contributed by atoms with Gasteiger partial charge in [0, 0.05) is 0 Å². The van der Waals surface area contributed by atoms with Crippen molar-refractivity contribution in [2.75, 3.05) is 19.6 Å². The highest BCUT2D eigenvalue weighted by Gasteiger charge is 2.45. The van der Waals surface area contributed by atoms with E-state index in [-0.39, 0.29) is 16.9 Å². The van der Waals surface area contributed by atoms with Crippen molar-refractivity contribution in [3.05, 3.63) is 35.9 Å². The number of primary amides is 1. The number of rotatable bonds is 8. The van der Waals surface area contributed by atoms with Crippen LogP contribution in [0, 0.1) is 5.92 Å². The van der Waals surface area contributed by atoms with Crippen LogP contribution in [0.1, 0.15) is 57.9 Å². The second-order valence-electron chi connectivity index (χ2n) is 7.42. The van der Waals surface area contributed by atoms with Gasteiger partial charge in [0.15, 0.2) is 0 Å². The van der Waals surface area contributed by atoms with Gasteiger partial charge in [-0.25, -0.2) is 9.59 Å². The zero-order chi connectivity index (χ0) is 21.9. The van der Waals surface area contributed by atoms with Gasteiger partial charge in [0.05, 0.1) is 5.41 Å². The first kappa shape index (κ1) is 30.7. The fourth-order valence-corrected chi connectivity index (χ4v) is 4.26. The van der Waals surface area contributed by atoms with Gasteiger partial charge in [0.2, 0.25) is 5.91 Å². The van der Waals surface area contributed by atoms with Gasteiger partial charge in [-0.05, 0) is 50.4 Å². The van der Waals surface area contributed by atoms with Crippen LogP contribution in [-0.4, -0.2) is 63.5 Å². The van der Waals surface area contributed by atoms with Crippen LogP contribution in [0.5, 0.6) is 0 Å². The number of amides is 1. The Kier molecular flexibility index (Phi) is 15.2. The Morgan fingerprint density at radius 1 is 0.968 bits per heavy atom. The minimum Gasteiger partial charge on any atom is -0.473 e. The minimum atomic E-state index is -1.82. The predicted molar refractivity (Wildman–Crippen MR) is 119 cm³/mol. The lowest BCUT2D eigenvalue weighted by Crippen LogP contribution is -2.50. The molecule has 31 heavy (non-hydrogen) atoms. The van der Waals surface area contributed by atoms with Gasteiger partial charge < -0.3 is 31.8 Å². The average molecular weight is 443 g/mol. The number of nitrogens with two attached hydrogens (primary N) is 1. The Hall–Kier alpha value is -2.49. The fourth-order valence-electron chi connectivity index (χ4n) is 4.26. The Labute approximate surface area is 183 Å². The maximum absolute atomic E-state index is 12.7. The Balaban J connectivity index is 0. The van der Waals surface area contributed by atoms with Crippen LogP contribution in [0.15, 0.2) is 30.3 Å². The molecule has 0 spiro atoms. The van der Waals surface area contributed by atoms with Crippen molar-refractivity contribution in [3.63, 3.8) is 0 Å². The summed E-state index contributed by atoms with van der Waals surface area (Å²) in [5, 5.41) is 14.8. The molecule has 0 aromatic heterocycles. The van der Waals surface area contributed by atoms with E-state index in [4.69, 9.17) is 25.5 Å². The number of carbonyl (C=O) groups excluding carboxylic acids is 1. The minimum absolute atomic E-state index is 0. The molecule has 0 bridgehead atoms. The number of carboxylic acid groups (broad SMARTS) is 2. The van der Waals surface area contributed by atoms with E-state index in [1.54, 1.807) is 0 Å². The maximum Gasteiger partial charge on any atom is 0.414 e. The smallest absolute Gasteiger partial charge is 0.414 e. The summed E-state index contributed by atoms with van der Waals surface area (Å²) >= 11 is 0. The summed E-state index contributed by atoms with van der Waals surface area (Å²) in [5.41, 5.74) is 6.65. The third-order valence-electron chi connectivity index (χ3n) is 5.93. The van der Waals surface area contributed by atoms with E-state index in [9.17, 15) is 4.79 Å². The molecule has 0 radical (unpaired) electrons. The Morgan fingerprint density at radius 2 is 1.45 bits per heavy atom. The van der Waals surface area contributed by atoms with E-state index in [2.05, 4.69) is 30.9 Å². The van der Waals surface area contributed by atoms with Gasteiger partial charge in [-0.1, -0.05) is 63.4 Å². The number of carbonyl (C=O) groups is 3. The third-order valence-corrected chi connectivity index (χ3v) is 5.93. The van der Waals surface area contributed by atoms with Crippen molar-refractivity contribution < 1.29 is 35.5 Å². The second kappa shape index (κ2) is 15.3. The summed E-state index contributed by atoms with van der Waals surface area (Å²) in [6.45, 7) is 7.33. The largest absolute Gasteiger partial charge is 0.473 e. The summed E-state index contributed by atoms with van der Waals surface area (Å²) in [6.07, 6.45) is 6.80. The molecule has 1 aromatic rings. The predicted octanol–water partition coefficient (Wildman–Crippen LogP) is 1.23. The molecule has 8 N–H and O–H groups in total. The summed E-state index contributed by atoms with van der Waals surface area (Å²) in [5.74, 6) is -3.40. The quantitative estimate of drug-likeness (QED) is 0.508. The van der Waals surface area contributed by atoms with Crippen molar-refractivity contribution in [1.29, 1.82) is 0 Å². The molecule has 1 aromatic carbocycles. The third kappa shape index (κ3) is 8.64. The number of hydrogen-bond acceptors (Lipinski definition) is 4. The molecular formula is C22H38N2O7.